The van der Waals surface area contributed by atoms with E-state index in [1.807, 2.05) is 0 Å². The molecule has 0 aliphatic rings. The predicted octanol–water partition coefficient (Wildman–Crippen LogP) is 3.47. The lowest BCUT2D eigenvalue weighted by molar-refractivity contribution is 0.0943. The number of carbonyl (C=O) groups is 1. The third-order valence-electron chi connectivity index (χ3n) is 3.39. The molecule has 0 spiro atoms. The highest BCUT2D eigenvalue weighted by Gasteiger charge is 2.16. The molecule has 0 saturated heterocycles. The lowest BCUT2D eigenvalue weighted by Crippen LogP contribution is -2.24. The van der Waals surface area contributed by atoms with Crippen LogP contribution in [0.4, 0.5) is 4.39 Å². The Hall–Kier alpha value is -2.93. The van der Waals surface area contributed by atoms with Crippen LogP contribution >= 0.6 is 11.6 Å². The third kappa shape index (κ3) is 3.77. The summed E-state index contributed by atoms with van der Waals surface area (Å²) in [5.41, 5.74) is 0.488. The van der Waals surface area contributed by atoms with Crippen LogP contribution in [0.15, 0.2) is 46.9 Å². The fourth-order valence-corrected chi connectivity index (χ4v) is 2.38. The number of methoxy groups -OCH3 is 1. The van der Waals surface area contributed by atoms with Gasteiger partial charge in [0.1, 0.15) is 11.6 Å². The molecule has 128 valence electrons. The van der Waals surface area contributed by atoms with Crippen molar-refractivity contribution in [1.29, 1.82) is 0 Å². The smallest absolute Gasteiger partial charge is 0.256 e. The van der Waals surface area contributed by atoms with E-state index in [0.717, 1.165) is 6.07 Å². The number of carbonyl (C=O) groups excluding carboxylic acids is 1. The zero-order valence-electron chi connectivity index (χ0n) is 13.1. The van der Waals surface area contributed by atoms with Crippen molar-refractivity contribution < 1.29 is 18.3 Å². The number of hydrogen-bond acceptors (Lipinski definition) is 5. The van der Waals surface area contributed by atoms with Crippen LogP contribution in [0.5, 0.6) is 5.75 Å². The van der Waals surface area contributed by atoms with Crippen molar-refractivity contribution in [3.63, 3.8) is 0 Å². The third-order valence-corrected chi connectivity index (χ3v) is 3.71. The second-order valence-corrected chi connectivity index (χ2v) is 5.42. The number of nitrogens with one attached hydrogen (secondary N) is 1. The summed E-state index contributed by atoms with van der Waals surface area (Å²) in [6.45, 7) is -0.0490. The number of benzene rings is 2. The van der Waals surface area contributed by atoms with Crippen LogP contribution in [0.2, 0.25) is 5.02 Å². The zero-order valence-corrected chi connectivity index (χ0v) is 13.9. The number of rotatable bonds is 5. The maximum absolute atomic E-state index is 13.7. The van der Waals surface area contributed by atoms with Crippen molar-refractivity contribution in [1.82, 2.24) is 15.5 Å². The monoisotopic (exact) mass is 361 g/mol. The Morgan fingerprint density at radius 2 is 2.00 bits per heavy atom. The Morgan fingerprint density at radius 1 is 1.24 bits per heavy atom. The van der Waals surface area contributed by atoms with Crippen LogP contribution in [0.1, 0.15) is 16.2 Å². The van der Waals surface area contributed by atoms with E-state index in [1.54, 1.807) is 31.4 Å². The molecular formula is C17H13ClFN3O3. The normalized spacial score (nSPS) is 10.5. The SMILES string of the molecule is COc1ccc(-c2nnc(CNC(=O)c3c(F)cccc3Cl)o2)cc1. The molecule has 0 aliphatic heterocycles. The first kappa shape index (κ1) is 16.9. The van der Waals surface area contributed by atoms with Crippen LogP contribution in [0.25, 0.3) is 11.5 Å². The highest BCUT2D eigenvalue weighted by Crippen LogP contribution is 2.21. The van der Waals surface area contributed by atoms with E-state index < -0.39 is 11.7 Å². The van der Waals surface area contributed by atoms with Gasteiger partial charge in [-0.05, 0) is 36.4 Å². The molecule has 0 bridgehead atoms. The van der Waals surface area contributed by atoms with Crippen molar-refractivity contribution in [2.75, 3.05) is 7.11 Å². The van der Waals surface area contributed by atoms with Crippen LogP contribution in [0, 0.1) is 5.82 Å². The van der Waals surface area contributed by atoms with E-state index in [9.17, 15) is 9.18 Å². The molecular weight excluding hydrogens is 349 g/mol. The van der Waals surface area contributed by atoms with Gasteiger partial charge < -0.3 is 14.5 Å². The van der Waals surface area contributed by atoms with Crippen molar-refractivity contribution >= 4 is 17.5 Å². The van der Waals surface area contributed by atoms with E-state index in [0.29, 0.717) is 17.2 Å². The Morgan fingerprint density at radius 3 is 2.68 bits per heavy atom. The molecule has 2 aromatic carbocycles. The van der Waals surface area contributed by atoms with Crippen molar-refractivity contribution in [3.05, 3.63) is 64.8 Å². The van der Waals surface area contributed by atoms with Crippen LogP contribution < -0.4 is 10.1 Å². The largest absolute Gasteiger partial charge is 0.497 e. The summed E-state index contributed by atoms with van der Waals surface area (Å²) in [4.78, 5) is 12.1. The van der Waals surface area contributed by atoms with Gasteiger partial charge in [0.15, 0.2) is 0 Å². The minimum Gasteiger partial charge on any atom is -0.497 e. The Bertz CT molecular complexity index is 876. The first-order valence-electron chi connectivity index (χ1n) is 7.27. The van der Waals surface area contributed by atoms with E-state index in [1.165, 1.54) is 12.1 Å². The van der Waals surface area contributed by atoms with Gasteiger partial charge in [-0.1, -0.05) is 17.7 Å². The van der Waals surface area contributed by atoms with Gasteiger partial charge in [0.25, 0.3) is 5.91 Å². The summed E-state index contributed by atoms with van der Waals surface area (Å²) in [6, 6.07) is 11.1. The lowest BCUT2D eigenvalue weighted by atomic mass is 10.2. The molecule has 1 amide bonds. The molecule has 1 N–H and O–H groups in total. The van der Waals surface area contributed by atoms with Gasteiger partial charge in [-0.15, -0.1) is 10.2 Å². The van der Waals surface area contributed by atoms with Crippen molar-refractivity contribution in [2.24, 2.45) is 0 Å². The average Bonchev–Trinajstić information content (AvgIpc) is 3.09. The summed E-state index contributed by atoms with van der Waals surface area (Å²) in [6.07, 6.45) is 0. The van der Waals surface area contributed by atoms with Gasteiger partial charge in [0, 0.05) is 5.56 Å². The van der Waals surface area contributed by atoms with Crippen LogP contribution in [0.3, 0.4) is 0 Å². The molecule has 0 aliphatic carbocycles. The molecule has 6 nitrogen and oxygen atoms in total. The molecule has 25 heavy (non-hydrogen) atoms. The topological polar surface area (TPSA) is 77.3 Å². The summed E-state index contributed by atoms with van der Waals surface area (Å²) < 4.78 is 24.3. The molecule has 0 saturated carbocycles. The van der Waals surface area contributed by atoms with E-state index in [-0.39, 0.29) is 23.0 Å². The van der Waals surface area contributed by atoms with Gasteiger partial charge in [-0.25, -0.2) is 4.39 Å². The van der Waals surface area contributed by atoms with Gasteiger partial charge >= 0.3 is 0 Å². The van der Waals surface area contributed by atoms with Gasteiger partial charge in [0.2, 0.25) is 11.8 Å². The molecule has 0 unspecified atom stereocenters. The number of ether oxygens (including phenoxy) is 1. The molecule has 0 fully saturated rings. The Kier molecular flexibility index (Phi) is 4.95. The second-order valence-electron chi connectivity index (χ2n) is 5.01. The maximum Gasteiger partial charge on any atom is 0.256 e. The number of halogens is 2. The first-order chi connectivity index (χ1) is 12.1. The lowest BCUT2D eigenvalue weighted by Gasteiger charge is -2.05. The summed E-state index contributed by atoms with van der Waals surface area (Å²) in [5, 5.41) is 10.3. The molecule has 3 rings (SSSR count). The minimum atomic E-state index is -0.700. The molecule has 3 aromatic rings. The fraction of sp³-hybridized carbons (Fsp3) is 0.118. The molecule has 0 radical (unpaired) electrons. The number of nitrogens with zero attached hydrogens (tertiary/aromatic N) is 2. The highest BCUT2D eigenvalue weighted by molar-refractivity contribution is 6.33. The maximum atomic E-state index is 13.7. The zero-order chi connectivity index (χ0) is 17.8. The summed E-state index contributed by atoms with van der Waals surface area (Å²) in [7, 11) is 1.57. The quantitative estimate of drug-likeness (QED) is 0.753. The first-order valence-corrected chi connectivity index (χ1v) is 7.65. The van der Waals surface area contributed by atoms with E-state index in [2.05, 4.69) is 15.5 Å². The molecule has 1 heterocycles. The predicted molar refractivity (Wildman–Crippen MR) is 88.9 cm³/mol. The Labute approximate surface area is 147 Å². The van der Waals surface area contributed by atoms with Gasteiger partial charge in [-0.2, -0.15) is 0 Å². The average molecular weight is 362 g/mol. The Balaban J connectivity index is 1.68. The second kappa shape index (κ2) is 7.31. The highest BCUT2D eigenvalue weighted by atomic mass is 35.5. The van der Waals surface area contributed by atoms with Gasteiger partial charge in [0.05, 0.1) is 24.2 Å². The summed E-state index contributed by atoms with van der Waals surface area (Å²) in [5.74, 6) is -0.165. The molecule has 8 heteroatoms. The minimum absolute atomic E-state index is 0.0296. The van der Waals surface area contributed by atoms with E-state index in [4.69, 9.17) is 20.8 Å². The van der Waals surface area contributed by atoms with Crippen LogP contribution in [-0.2, 0) is 6.54 Å². The standard InChI is InChI=1S/C17H13ClFN3O3/c1-24-11-7-5-10(6-8-11)17-22-21-14(25-17)9-20-16(23)15-12(18)3-2-4-13(15)19/h2-8H,9H2,1H3,(H,20,23). The number of aromatic nitrogens is 2. The van der Waals surface area contributed by atoms with Gasteiger partial charge in [-0.3, -0.25) is 4.79 Å². The fourth-order valence-electron chi connectivity index (χ4n) is 2.13. The molecule has 1 aromatic heterocycles. The molecule has 0 atom stereocenters. The van der Waals surface area contributed by atoms with Crippen molar-refractivity contribution in [3.8, 4) is 17.2 Å². The van der Waals surface area contributed by atoms with E-state index >= 15 is 0 Å². The summed E-state index contributed by atoms with van der Waals surface area (Å²) >= 11 is 5.85. The van der Waals surface area contributed by atoms with Crippen molar-refractivity contribution in [2.45, 2.75) is 6.54 Å². The number of amides is 1. The van der Waals surface area contributed by atoms with Crippen LogP contribution in [-0.4, -0.2) is 23.2 Å². The number of hydrogen-bond donors (Lipinski definition) is 1.